The maximum atomic E-state index is 12.8. The van der Waals surface area contributed by atoms with Gasteiger partial charge in [0.2, 0.25) is 5.95 Å². The molecular formula is C12H18F3N5. The second kappa shape index (κ2) is 5.08. The Labute approximate surface area is 115 Å². The molecule has 0 amide bonds. The molecule has 1 aliphatic rings. The van der Waals surface area contributed by atoms with Gasteiger partial charge in [0, 0.05) is 31.2 Å². The molecular weight excluding hydrogens is 271 g/mol. The summed E-state index contributed by atoms with van der Waals surface area (Å²) in [5.74, 6) is -0.120. The molecule has 0 aromatic carbocycles. The van der Waals surface area contributed by atoms with Gasteiger partial charge in [-0.1, -0.05) is 0 Å². The fourth-order valence-electron chi connectivity index (χ4n) is 2.35. The average molecular weight is 289 g/mol. The van der Waals surface area contributed by atoms with Crippen LogP contribution in [-0.2, 0) is 6.18 Å². The molecule has 0 saturated carbocycles. The average Bonchev–Trinajstić information content (AvgIpc) is 2.33. The zero-order chi connectivity index (χ0) is 15.1. The molecule has 2 heterocycles. The van der Waals surface area contributed by atoms with E-state index >= 15 is 0 Å². The lowest BCUT2D eigenvalue weighted by atomic mass is 10.1. The van der Waals surface area contributed by atoms with Crippen LogP contribution in [0, 0.1) is 0 Å². The third-order valence-corrected chi connectivity index (χ3v) is 3.70. The summed E-state index contributed by atoms with van der Waals surface area (Å²) in [7, 11) is 2.00. The standard InChI is InChI=1S/C12H18F3N5/c1-7-5-20(6-8(2)19(7)3)10-4-9(12(13,14)15)17-11(16)18-10/h4,7-8H,5-6H2,1-3H3,(H2,16,17,18). The summed E-state index contributed by atoms with van der Waals surface area (Å²) in [6.07, 6.45) is -4.52. The minimum atomic E-state index is -4.52. The normalized spacial score (nSPS) is 25.0. The molecule has 2 atom stereocenters. The summed E-state index contributed by atoms with van der Waals surface area (Å²) in [6.45, 7) is 5.26. The Morgan fingerprint density at radius 3 is 2.25 bits per heavy atom. The van der Waals surface area contributed by atoms with Gasteiger partial charge in [0.1, 0.15) is 5.82 Å². The van der Waals surface area contributed by atoms with Crippen molar-refractivity contribution in [2.45, 2.75) is 32.1 Å². The van der Waals surface area contributed by atoms with E-state index in [0.29, 0.717) is 13.1 Å². The van der Waals surface area contributed by atoms with Crippen LogP contribution >= 0.6 is 0 Å². The lowest BCUT2D eigenvalue weighted by Crippen LogP contribution is -2.55. The summed E-state index contributed by atoms with van der Waals surface area (Å²) in [4.78, 5) is 11.2. The number of hydrogen-bond acceptors (Lipinski definition) is 5. The molecule has 0 aliphatic carbocycles. The third kappa shape index (κ3) is 2.95. The molecule has 112 valence electrons. The maximum Gasteiger partial charge on any atom is 0.433 e. The number of hydrogen-bond donors (Lipinski definition) is 1. The molecule has 2 unspecified atom stereocenters. The number of alkyl halides is 3. The first-order chi connectivity index (χ1) is 9.18. The van der Waals surface area contributed by atoms with Gasteiger partial charge in [0.15, 0.2) is 5.69 Å². The van der Waals surface area contributed by atoms with Crippen LogP contribution in [-0.4, -0.2) is 47.1 Å². The highest BCUT2D eigenvalue weighted by Crippen LogP contribution is 2.31. The van der Waals surface area contributed by atoms with Crippen LogP contribution in [0.3, 0.4) is 0 Å². The zero-order valence-corrected chi connectivity index (χ0v) is 11.6. The van der Waals surface area contributed by atoms with Crippen LogP contribution in [0.2, 0.25) is 0 Å². The van der Waals surface area contributed by atoms with Crippen molar-refractivity contribution >= 4 is 11.8 Å². The summed E-state index contributed by atoms with van der Waals surface area (Å²) >= 11 is 0. The van der Waals surface area contributed by atoms with Crippen molar-refractivity contribution in [1.82, 2.24) is 14.9 Å². The van der Waals surface area contributed by atoms with E-state index in [1.165, 1.54) is 0 Å². The fraction of sp³-hybridized carbons (Fsp3) is 0.667. The van der Waals surface area contributed by atoms with E-state index in [1.54, 1.807) is 0 Å². The first kappa shape index (κ1) is 14.8. The van der Waals surface area contributed by atoms with Crippen LogP contribution < -0.4 is 10.6 Å². The van der Waals surface area contributed by atoms with Crippen molar-refractivity contribution in [2.75, 3.05) is 30.8 Å². The highest BCUT2D eigenvalue weighted by Gasteiger charge is 2.35. The minimum absolute atomic E-state index is 0.226. The molecule has 20 heavy (non-hydrogen) atoms. The van der Waals surface area contributed by atoms with Crippen molar-refractivity contribution in [2.24, 2.45) is 0 Å². The van der Waals surface area contributed by atoms with Crippen LogP contribution in [0.5, 0.6) is 0 Å². The van der Waals surface area contributed by atoms with E-state index in [0.717, 1.165) is 6.07 Å². The van der Waals surface area contributed by atoms with Gasteiger partial charge in [-0.25, -0.2) is 4.98 Å². The Morgan fingerprint density at radius 2 is 1.75 bits per heavy atom. The second-order valence-corrected chi connectivity index (χ2v) is 5.24. The van der Waals surface area contributed by atoms with Crippen molar-refractivity contribution in [1.29, 1.82) is 0 Å². The van der Waals surface area contributed by atoms with E-state index in [2.05, 4.69) is 14.9 Å². The highest BCUT2D eigenvalue weighted by molar-refractivity contribution is 5.45. The molecule has 1 aliphatic heterocycles. The minimum Gasteiger partial charge on any atom is -0.368 e. The van der Waals surface area contributed by atoms with Gasteiger partial charge in [-0.05, 0) is 20.9 Å². The van der Waals surface area contributed by atoms with E-state index in [9.17, 15) is 13.2 Å². The number of nitrogen functional groups attached to an aromatic ring is 1. The van der Waals surface area contributed by atoms with E-state index in [-0.39, 0.29) is 23.8 Å². The van der Waals surface area contributed by atoms with Gasteiger partial charge in [-0.15, -0.1) is 0 Å². The summed E-state index contributed by atoms with van der Waals surface area (Å²) in [5, 5.41) is 0. The van der Waals surface area contributed by atoms with Crippen LogP contribution in [0.1, 0.15) is 19.5 Å². The quantitative estimate of drug-likeness (QED) is 0.851. The summed E-state index contributed by atoms with van der Waals surface area (Å²) in [5.41, 5.74) is 4.40. The number of halogens is 3. The summed E-state index contributed by atoms with van der Waals surface area (Å²) < 4.78 is 38.3. The molecule has 0 spiro atoms. The number of anilines is 2. The predicted octanol–water partition coefficient (Wildman–Crippen LogP) is 1.61. The van der Waals surface area contributed by atoms with Crippen molar-refractivity contribution in [3.8, 4) is 0 Å². The molecule has 2 N–H and O–H groups in total. The number of nitrogens with two attached hydrogens (primary N) is 1. The molecule has 0 radical (unpaired) electrons. The Balaban J connectivity index is 2.31. The Bertz CT molecular complexity index is 478. The van der Waals surface area contributed by atoms with Gasteiger partial charge >= 0.3 is 6.18 Å². The Kier molecular flexibility index (Phi) is 3.77. The molecule has 5 nitrogen and oxygen atoms in total. The molecule has 8 heteroatoms. The number of likely N-dealkylation sites (N-methyl/N-ethyl adjacent to an activating group) is 1. The monoisotopic (exact) mass is 289 g/mol. The highest BCUT2D eigenvalue weighted by atomic mass is 19.4. The van der Waals surface area contributed by atoms with E-state index < -0.39 is 11.9 Å². The molecule has 1 aromatic rings. The maximum absolute atomic E-state index is 12.8. The number of piperazine rings is 1. The predicted molar refractivity (Wildman–Crippen MR) is 70.3 cm³/mol. The number of aromatic nitrogens is 2. The molecule has 1 aromatic heterocycles. The van der Waals surface area contributed by atoms with Crippen molar-refractivity contribution < 1.29 is 13.2 Å². The first-order valence-electron chi connectivity index (χ1n) is 6.37. The fourth-order valence-corrected chi connectivity index (χ4v) is 2.35. The lowest BCUT2D eigenvalue weighted by Gasteiger charge is -2.43. The first-order valence-corrected chi connectivity index (χ1v) is 6.37. The third-order valence-electron chi connectivity index (χ3n) is 3.70. The van der Waals surface area contributed by atoms with Crippen LogP contribution in [0.4, 0.5) is 24.9 Å². The molecule has 2 rings (SSSR count). The second-order valence-electron chi connectivity index (χ2n) is 5.24. The van der Waals surface area contributed by atoms with Crippen molar-refractivity contribution in [3.63, 3.8) is 0 Å². The zero-order valence-electron chi connectivity index (χ0n) is 11.6. The van der Waals surface area contributed by atoms with Gasteiger partial charge in [-0.2, -0.15) is 18.2 Å². The van der Waals surface area contributed by atoms with Crippen LogP contribution in [0.15, 0.2) is 6.07 Å². The lowest BCUT2D eigenvalue weighted by molar-refractivity contribution is -0.141. The number of rotatable bonds is 1. The van der Waals surface area contributed by atoms with Crippen LogP contribution in [0.25, 0.3) is 0 Å². The Hall–Kier alpha value is -1.57. The smallest absolute Gasteiger partial charge is 0.368 e. The van der Waals surface area contributed by atoms with Gasteiger partial charge in [0.25, 0.3) is 0 Å². The van der Waals surface area contributed by atoms with E-state index in [4.69, 9.17) is 5.73 Å². The summed E-state index contributed by atoms with van der Waals surface area (Å²) in [6, 6.07) is 1.41. The molecule has 1 fully saturated rings. The van der Waals surface area contributed by atoms with Gasteiger partial charge in [-0.3, -0.25) is 4.90 Å². The van der Waals surface area contributed by atoms with E-state index in [1.807, 2.05) is 25.8 Å². The van der Waals surface area contributed by atoms with Gasteiger partial charge in [0.05, 0.1) is 0 Å². The number of nitrogens with zero attached hydrogens (tertiary/aromatic N) is 4. The largest absolute Gasteiger partial charge is 0.433 e. The Morgan fingerprint density at radius 1 is 1.20 bits per heavy atom. The van der Waals surface area contributed by atoms with Crippen molar-refractivity contribution in [3.05, 3.63) is 11.8 Å². The molecule has 0 bridgehead atoms. The van der Waals surface area contributed by atoms with Gasteiger partial charge < -0.3 is 10.6 Å². The molecule has 1 saturated heterocycles. The SMILES string of the molecule is CC1CN(c2cc(C(F)(F)F)nc(N)n2)CC(C)N1C. The topological polar surface area (TPSA) is 58.3 Å².